The van der Waals surface area contributed by atoms with Crippen molar-refractivity contribution in [1.29, 1.82) is 0 Å². The van der Waals surface area contributed by atoms with Crippen LogP contribution in [0.5, 0.6) is 0 Å². The van der Waals surface area contributed by atoms with Gasteiger partial charge in [-0.1, -0.05) is 25.1 Å². The van der Waals surface area contributed by atoms with Crippen molar-refractivity contribution in [1.82, 2.24) is 15.5 Å². The monoisotopic (exact) mass is 348 g/mol. The van der Waals surface area contributed by atoms with Crippen LogP contribution >= 0.6 is 0 Å². The zero-order valence-electron chi connectivity index (χ0n) is 15.4. The van der Waals surface area contributed by atoms with Crippen LogP contribution in [0, 0.1) is 5.92 Å². The number of amides is 2. The average Bonchev–Trinajstić information content (AvgIpc) is 2.65. The minimum Gasteiger partial charge on any atom is -0.396 e. The Hall–Kier alpha value is -1.79. The summed E-state index contributed by atoms with van der Waals surface area (Å²) in [6, 6.07) is 10.7. The summed E-state index contributed by atoms with van der Waals surface area (Å²) in [6.45, 7) is 9.62. The molecule has 0 aliphatic carbocycles. The number of aliphatic hydroxyl groups excluding tert-OH is 1. The smallest absolute Gasteiger partial charge is 0.314 e. The van der Waals surface area contributed by atoms with E-state index in [1.54, 1.807) is 0 Å². The molecule has 2 rings (SSSR count). The van der Waals surface area contributed by atoms with Crippen molar-refractivity contribution in [3.8, 4) is 0 Å². The lowest BCUT2D eigenvalue weighted by Crippen LogP contribution is -2.53. The zero-order chi connectivity index (χ0) is 18.1. The first-order valence-electron chi connectivity index (χ1n) is 9.26. The lowest BCUT2D eigenvalue weighted by atomic mass is 10.1. The van der Waals surface area contributed by atoms with Crippen molar-refractivity contribution in [3.63, 3.8) is 0 Å². The molecule has 6 nitrogen and oxygen atoms in total. The molecule has 0 spiro atoms. The number of nitrogens with zero attached hydrogens (tertiary/aromatic N) is 2. The SMILES string of the molecule is CC(CCO)CNC(=O)NCC(C)N1CCN(c2ccccc2)CC1. The van der Waals surface area contributed by atoms with Crippen LogP contribution in [0.15, 0.2) is 30.3 Å². The van der Waals surface area contributed by atoms with Gasteiger partial charge < -0.3 is 20.6 Å². The number of rotatable bonds is 8. The Balaban J connectivity index is 1.65. The van der Waals surface area contributed by atoms with E-state index in [2.05, 4.69) is 51.6 Å². The molecule has 1 aromatic carbocycles. The van der Waals surface area contributed by atoms with E-state index in [9.17, 15) is 4.79 Å². The van der Waals surface area contributed by atoms with E-state index in [1.807, 2.05) is 13.0 Å². The predicted molar refractivity (Wildman–Crippen MR) is 102 cm³/mol. The number of para-hydroxylation sites is 1. The number of anilines is 1. The highest BCUT2D eigenvalue weighted by atomic mass is 16.3. The Morgan fingerprint density at radius 3 is 2.36 bits per heavy atom. The minimum atomic E-state index is -0.125. The molecular weight excluding hydrogens is 316 g/mol. The predicted octanol–water partition coefficient (Wildman–Crippen LogP) is 1.51. The Kier molecular flexibility index (Phi) is 8.01. The lowest BCUT2D eigenvalue weighted by Gasteiger charge is -2.39. The molecule has 1 aromatic rings. The van der Waals surface area contributed by atoms with Crippen LogP contribution in [0.3, 0.4) is 0 Å². The summed E-state index contributed by atoms with van der Waals surface area (Å²) in [6.07, 6.45) is 0.711. The highest BCUT2D eigenvalue weighted by molar-refractivity contribution is 5.73. The van der Waals surface area contributed by atoms with Gasteiger partial charge in [-0.3, -0.25) is 4.90 Å². The summed E-state index contributed by atoms with van der Waals surface area (Å²) in [4.78, 5) is 16.7. The Bertz CT molecular complexity index is 503. The molecular formula is C19H32N4O2. The third-order valence-corrected chi connectivity index (χ3v) is 4.85. The first-order valence-corrected chi connectivity index (χ1v) is 9.26. The van der Waals surface area contributed by atoms with Crippen molar-refractivity contribution in [3.05, 3.63) is 30.3 Å². The number of benzene rings is 1. The topological polar surface area (TPSA) is 67.8 Å². The molecule has 0 aromatic heterocycles. The molecule has 1 aliphatic heterocycles. The minimum absolute atomic E-state index is 0.125. The van der Waals surface area contributed by atoms with E-state index in [0.717, 1.165) is 26.2 Å². The molecule has 3 N–H and O–H groups in total. The van der Waals surface area contributed by atoms with Gasteiger partial charge >= 0.3 is 6.03 Å². The third-order valence-electron chi connectivity index (χ3n) is 4.85. The summed E-state index contributed by atoms with van der Waals surface area (Å²) in [7, 11) is 0. The van der Waals surface area contributed by atoms with Gasteiger partial charge in [-0.15, -0.1) is 0 Å². The van der Waals surface area contributed by atoms with Crippen molar-refractivity contribution in [2.75, 3.05) is 50.8 Å². The van der Waals surface area contributed by atoms with Gasteiger partial charge in [-0.2, -0.15) is 0 Å². The van der Waals surface area contributed by atoms with E-state index in [-0.39, 0.29) is 12.6 Å². The lowest BCUT2D eigenvalue weighted by molar-refractivity contribution is 0.190. The van der Waals surface area contributed by atoms with Gasteiger partial charge in [0.05, 0.1) is 0 Å². The van der Waals surface area contributed by atoms with Gasteiger partial charge in [0.15, 0.2) is 0 Å². The van der Waals surface area contributed by atoms with Crippen LogP contribution in [-0.2, 0) is 0 Å². The summed E-state index contributed by atoms with van der Waals surface area (Å²) < 4.78 is 0. The molecule has 0 bridgehead atoms. The van der Waals surface area contributed by atoms with Crippen LogP contribution in [0.1, 0.15) is 20.3 Å². The van der Waals surface area contributed by atoms with Crippen molar-refractivity contribution in [2.24, 2.45) is 5.92 Å². The number of urea groups is 1. The molecule has 6 heteroatoms. The molecule has 0 saturated carbocycles. The van der Waals surface area contributed by atoms with E-state index in [1.165, 1.54) is 5.69 Å². The quantitative estimate of drug-likeness (QED) is 0.666. The molecule has 2 atom stereocenters. The Morgan fingerprint density at radius 1 is 1.08 bits per heavy atom. The average molecular weight is 348 g/mol. The van der Waals surface area contributed by atoms with Gasteiger partial charge in [-0.05, 0) is 31.4 Å². The number of nitrogens with one attached hydrogen (secondary N) is 2. The van der Waals surface area contributed by atoms with E-state index < -0.39 is 0 Å². The highest BCUT2D eigenvalue weighted by Gasteiger charge is 2.21. The fourth-order valence-corrected chi connectivity index (χ4v) is 3.08. The third kappa shape index (κ3) is 6.55. The second-order valence-electron chi connectivity index (χ2n) is 6.92. The van der Waals surface area contributed by atoms with Crippen LogP contribution in [0.2, 0.25) is 0 Å². The van der Waals surface area contributed by atoms with Crippen LogP contribution in [-0.4, -0.2) is 68.0 Å². The van der Waals surface area contributed by atoms with Gasteiger partial charge in [0.25, 0.3) is 0 Å². The molecule has 2 amide bonds. The van der Waals surface area contributed by atoms with Gasteiger partial charge in [0.1, 0.15) is 0 Å². The van der Waals surface area contributed by atoms with Crippen molar-refractivity contribution < 1.29 is 9.90 Å². The Labute approximate surface area is 151 Å². The fraction of sp³-hybridized carbons (Fsp3) is 0.632. The van der Waals surface area contributed by atoms with E-state index in [0.29, 0.717) is 31.5 Å². The van der Waals surface area contributed by atoms with Gasteiger partial charge in [0.2, 0.25) is 0 Å². The molecule has 25 heavy (non-hydrogen) atoms. The summed E-state index contributed by atoms with van der Waals surface area (Å²) >= 11 is 0. The highest BCUT2D eigenvalue weighted by Crippen LogP contribution is 2.16. The Morgan fingerprint density at radius 2 is 1.72 bits per heavy atom. The van der Waals surface area contributed by atoms with Crippen LogP contribution < -0.4 is 15.5 Å². The van der Waals surface area contributed by atoms with Crippen molar-refractivity contribution in [2.45, 2.75) is 26.3 Å². The first-order chi connectivity index (χ1) is 12.1. The number of hydrogen-bond acceptors (Lipinski definition) is 4. The molecule has 2 unspecified atom stereocenters. The summed E-state index contributed by atoms with van der Waals surface area (Å²) in [5, 5.41) is 14.7. The molecule has 1 fully saturated rings. The normalized spacial score (nSPS) is 17.8. The maximum Gasteiger partial charge on any atom is 0.314 e. The molecule has 1 saturated heterocycles. The van der Waals surface area contributed by atoms with Gasteiger partial charge in [0, 0.05) is 57.6 Å². The van der Waals surface area contributed by atoms with Gasteiger partial charge in [-0.25, -0.2) is 4.79 Å². The number of piperazine rings is 1. The molecule has 1 heterocycles. The molecule has 1 aliphatic rings. The van der Waals surface area contributed by atoms with Crippen LogP contribution in [0.25, 0.3) is 0 Å². The van der Waals surface area contributed by atoms with E-state index in [4.69, 9.17) is 5.11 Å². The molecule has 140 valence electrons. The summed E-state index contributed by atoms with van der Waals surface area (Å²) in [5.41, 5.74) is 1.28. The van der Waals surface area contributed by atoms with Crippen molar-refractivity contribution >= 4 is 11.7 Å². The first kappa shape index (κ1) is 19.5. The van der Waals surface area contributed by atoms with Crippen LogP contribution in [0.4, 0.5) is 10.5 Å². The largest absolute Gasteiger partial charge is 0.396 e. The zero-order valence-corrected chi connectivity index (χ0v) is 15.4. The van der Waals surface area contributed by atoms with E-state index >= 15 is 0 Å². The number of aliphatic hydroxyl groups is 1. The second kappa shape index (κ2) is 10.3. The second-order valence-corrected chi connectivity index (χ2v) is 6.92. The fourth-order valence-electron chi connectivity index (χ4n) is 3.08. The maximum absolute atomic E-state index is 11.9. The maximum atomic E-state index is 11.9. The molecule has 0 radical (unpaired) electrons. The number of hydrogen-bond donors (Lipinski definition) is 3. The number of carbonyl (C=O) groups is 1. The standard InChI is InChI=1S/C19H32N4O2/c1-16(8-13-24)14-20-19(25)21-15-17(2)22-9-11-23(12-10-22)18-6-4-3-5-7-18/h3-7,16-17,24H,8-15H2,1-2H3,(H2,20,21,25). The summed E-state index contributed by atoms with van der Waals surface area (Å²) in [5.74, 6) is 0.291. The number of carbonyl (C=O) groups excluding carboxylic acids is 1.